The van der Waals surface area contributed by atoms with Gasteiger partial charge in [0.2, 0.25) is 0 Å². The zero-order valence-corrected chi connectivity index (χ0v) is 12.1. The van der Waals surface area contributed by atoms with Gasteiger partial charge in [-0.2, -0.15) is 0 Å². The normalized spacial score (nSPS) is 10.7. The minimum atomic E-state index is -0.273. The zero-order valence-electron chi connectivity index (χ0n) is 12.1. The van der Waals surface area contributed by atoms with Gasteiger partial charge in [-0.25, -0.2) is 4.79 Å². The smallest absolute Gasteiger partial charge is 0.338 e. The fourth-order valence-corrected chi connectivity index (χ4v) is 1.61. The van der Waals surface area contributed by atoms with E-state index in [-0.39, 0.29) is 5.97 Å². The van der Waals surface area contributed by atoms with Crippen molar-refractivity contribution in [2.45, 2.75) is 26.2 Å². The van der Waals surface area contributed by atoms with Gasteiger partial charge >= 0.3 is 5.97 Å². The number of unbranched alkanes of at least 4 members (excludes halogenated alkanes) is 2. The minimum absolute atomic E-state index is 0.273. The van der Waals surface area contributed by atoms with E-state index < -0.39 is 0 Å². The molecule has 19 heavy (non-hydrogen) atoms. The van der Waals surface area contributed by atoms with E-state index in [0.717, 1.165) is 12.1 Å². The number of ether oxygens (including phenoxy) is 1. The summed E-state index contributed by atoms with van der Waals surface area (Å²) in [5, 5.41) is 0. The van der Waals surface area contributed by atoms with Crippen molar-refractivity contribution in [2.75, 3.05) is 25.6 Å². The first-order valence-electron chi connectivity index (χ1n) is 6.74. The van der Waals surface area contributed by atoms with Crippen LogP contribution in [0.15, 0.2) is 36.4 Å². The Morgan fingerprint density at radius 1 is 1.21 bits per heavy atom. The molecule has 3 nitrogen and oxygen atoms in total. The van der Waals surface area contributed by atoms with Gasteiger partial charge in [0.1, 0.15) is 6.61 Å². The summed E-state index contributed by atoms with van der Waals surface area (Å²) in [7, 11) is 3.93. The van der Waals surface area contributed by atoms with Crippen LogP contribution >= 0.6 is 0 Å². The summed E-state index contributed by atoms with van der Waals surface area (Å²) in [5.41, 5.74) is 1.66. The highest BCUT2D eigenvalue weighted by atomic mass is 16.5. The number of rotatable bonds is 7. The number of carbonyl (C=O) groups is 1. The van der Waals surface area contributed by atoms with Gasteiger partial charge in [-0.05, 0) is 30.7 Å². The fraction of sp³-hybridized carbons (Fsp3) is 0.438. The average Bonchev–Trinajstić information content (AvgIpc) is 2.42. The molecule has 1 aromatic rings. The van der Waals surface area contributed by atoms with E-state index in [0.29, 0.717) is 12.2 Å². The fourth-order valence-electron chi connectivity index (χ4n) is 1.61. The number of benzene rings is 1. The van der Waals surface area contributed by atoms with Crippen molar-refractivity contribution in [2.24, 2.45) is 0 Å². The van der Waals surface area contributed by atoms with Crippen LogP contribution in [0, 0.1) is 0 Å². The second-order valence-corrected chi connectivity index (χ2v) is 4.65. The van der Waals surface area contributed by atoms with Crippen LogP contribution in [0.1, 0.15) is 36.5 Å². The Morgan fingerprint density at radius 3 is 2.47 bits per heavy atom. The molecule has 0 saturated carbocycles. The Kier molecular flexibility index (Phi) is 6.72. The Morgan fingerprint density at radius 2 is 1.89 bits per heavy atom. The van der Waals surface area contributed by atoms with E-state index in [1.54, 1.807) is 12.1 Å². The molecule has 0 aliphatic rings. The van der Waals surface area contributed by atoms with Crippen molar-refractivity contribution in [3.8, 4) is 0 Å². The Labute approximate surface area is 115 Å². The number of allylic oxidation sites excluding steroid dienone is 1. The van der Waals surface area contributed by atoms with E-state index in [4.69, 9.17) is 4.74 Å². The molecule has 0 bridgehead atoms. The molecule has 0 atom stereocenters. The number of nitrogens with zero attached hydrogens (tertiary/aromatic N) is 1. The van der Waals surface area contributed by atoms with Crippen LogP contribution < -0.4 is 4.90 Å². The zero-order chi connectivity index (χ0) is 14.1. The van der Waals surface area contributed by atoms with Crippen molar-refractivity contribution in [1.82, 2.24) is 0 Å². The summed E-state index contributed by atoms with van der Waals surface area (Å²) in [5.74, 6) is -0.273. The van der Waals surface area contributed by atoms with Crippen molar-refractivity contribution < 1.29 is 9.53 Å². The molecular formula is C16H23NO2. The Balaban J connectivity index is 2.39. The summed E-state index contributed by atoms with van der Waals surface area (Å²) < 4.78 is 5.17. The average molecular weight is 261 g/mol. The molecule has 104 valence electrons. The van der Waals surface area contributed by atoms with Crippen LogP contribution in [0.5, 0.6) is 0 Å². The van der Waals surface area contributed by atoms with Crippen molar-refractivity contribution >= 4 is 11.7 Å². The maximum absolute atomic E-state index is 11.7. The van der Waals surface area contributed by atoms with E-state index in [1.165, 1.54) is 12.8 Å². The highest BCUT2D eigenvalue weighted by Crippen LogP contribution is 2.12. The van der Waals surface area contributed by atoms with E-state index in [2.05, 4.69) is 13.0 Å². The first kappa shape index (κ1) is 15.3. The molecule has 0 radical (unpaired) electrons. The molecule has 3 heteroatoms. The highest BCUT2D eigenvalue weighted by molar-refractivity contribution is 5.89. The van der Waals surface area contributed by atoms with Gasteiger partial charge in [0.05, 0.1) is 5.56 Å². The lowest BCUT2D eigenvalue weighted by Gasteiger charge is -2.12. The first-order chi connectivity index (χ1) is 9.15. The predicted octanol–water partition coefficient (Wildman–Crippen LogP) is 3.66. The predicted molar refractivity (Wildman–Crippen MR) is 79.7 cm³/mol. The van der Waals surface area contributed by atoms with Gasteiger partial charge in [0, 0.05) is 19.8 Å². The molecule has 0 amide bonds. The minimum Gasteiger partial charge on any atom is -0.458 e. The van der Waals surface area contributed by atoms with Crippen LogP contribution in [0.4, 0.5) is 5.69 Å². The van der Waals surface area contributed by atoms with Crippen molar-refractivity contribution in [3.63, 3.8) is 0 Å². The molecule has 0 aliphatic heterocycles. The lowest BCUT2D eigenvalue weighted by Crippen LogP contribution is -2.09. The SMILES string of the molecule is CCCCC=CCOC(=O)c1ccc(N(C)C)cc1. The van der Waals surface area contributed by atoms with Crippen molar-refractivity contribution in [3.05, 3.63) is 42.0 Å². The van der Waals surface area contributed by atoms with Gasteiger partial charge in [-0.3, -0.25) is 0 Å². The molecule has 0 saturated heterocycles. The van der Waals surface area contributed by atoms with Crippen LogP contribution in [-0.4, -0.2) is 26.7 Å². The highest BCUT2D eigenvalue weighted by Gasteiger charge is 2.06. The van der Waals surface area contributed by atoms with Crippen LogP contribution in [-0.2, 0) is 4.74 Å². The maximum atomic E-state index is 11.7. The summed E-state index contributed by atoms with van der Waals surface area (Å²) in [6.45, 7) is 2.50. The number of carbonyl (C=O) groups excluding carboxylic acids is 1. The van der Waals surface area contributed by atoms with E-state index >= 15 is 0 Å². The molecule has 0 aliphatic carbocycles. The van der Waals surface area contributed by atoms with Crippen LogP contribution in [0.3, 0.4) is 0 Å². The summed E-state index contributed by atoms with van der Waals surface area (Å²) in [6.07, 6.45) is 7.37. The largest absolute Gasteiger partial charge is 0.458 e. The third-order valence-electron chi connectivity index (χ3n) is 2.82. The molecule has 0 unspecified atom stereocenters. The molecule has 0 spiro atoms. The molecule has 0 fully saturated rings. The van der Waals surface area contributed by atoms with Crippen LogP contribution in [0.2, 0.25) is 0 Å². The number of esters is 1. The van der Waals surface area contributed by atoms with Gasteiger partial charge < -0.3 is 9.64 Å². The lowest BCUT2D eigenvalue weighted by atomic mass is 10.2. The molecule has 0 aromatic heterocycles. The Bertz CT molecular complexity index is 407. The van der Waals surface area contributed by atoms with Crippen molar-refractivity contribution in [1.29, 1.82) is 0 Å². The van der Waals surface area contributed by atoms with Gasteiger partial charge in [-0.15, -0.1) is 0 Å². The second kappa shape index (κ2) is 8.35. The monoisotopic (exact) mass is 261 g/mol. The molecule has 0 N–H and O–H groups in total. The standard InChI is InChI=1S/C16H23NO2/c1-4-5-6-7-8-13-19-16(18)14-9-11-15(12-10-14)17(2)3/h7-12H,4-6,13H2,1-3H3. The summed E-state index contributed by atoms with van der Waals surface area (Å²) in [6, 6.07) is 7.40. The van der Waals surface area contributed by atoms with Gasteiger partial charge in [-0.1, -0.05) is 31.9 Å². The quantitative estimate of drug-likeness (QED) is 0.426. The topological polar surface area (TPSA) is 29.5 Å². The van der Waals surface area contributed by atoms with Gasteiger partial charge in [0.25, 0.3) is 0 Å². The molecular weight excluding hydrogens is 238 g/mol. The first-order valence-corrected chi connectivity index (χ1v) is 6.74. The third kappa shape index (κ3) is 5.60. The number of hydrogen-bond donors (Lipinski definition) is 0. The maximum Gasteiger partial charge on any atom is 0.338 e. The van der Waals surface area contributed by atoms with E-state index in [9.17, 15) is 4.79 Å². The summed E-state index contributed by atoms with van der Waals surface area (Å²) in [4.78, 5) is 13.7. The second-order valence-electron chi connectivity index (χ2n) is 4.65. The third-order valence-corrected chi connectivity index (χ3v) is 2.82. The molecule has 1 aromatic carbocycles. The van der Waals surface area contributed by atoms with Crippen LogP contribution in [0.25, 0.3) is 0 Å². The molecule has 1 rings (SSSR count). The number of hydrogen-bond acceptors (Lipinski definition) is 3. The molecule has 0 heterocycles. The van der Waals surface area contributed by atoms with E-state index in [1.807, 2.05) is 37.2 Å². The lowest BCUT2D eigenvalue weighted by molar-refractivity contribution is 0.0549. The number of anilines is 1. The summed E-state index contributed by atoms with van der Waals surface area (Å²) >= 11 is 0. The Hall–Kier alpha value is -1.77. The van der Waals surface area contributed by atoms with Gasteiger partial charge in [0.15, 0.2) is 0 Å².